The summed E-state index contributed by atoms with van der Waals surface area (Å²) in [5, 5.41) is 19.6. The minimum Gasteiger partial charge on any atom is -0.494 e. The Morgan fingerprint density at radius 1 is 1.43 bits per heavy atom. The lowest BCUT2D eigenvalue weighted by Gasteiger charge is -2.17. The van der Waals surface area contributed by atoms with Gasteiger partial charge in [-0.2, -0.15) is 5.26 Å². The van der Waals surface area contributed by atoms with Crippen LogP contribution >= 0.6 is 0 Å². The minimum atomic E-state index is -0.465. The number of aromatic nitrogens is 1. The molecule has 0 atom stereocenters. The van der Waals surface area contributed by atoms with Crippen molar-refractivity contribution in [1.29, 1.82) is 5.26 Å². The third kappa shape index (κ3) is 2.98. The van der Waals surface area contributed by atoms with Crippen molar-refractivity contribution in [2.24, 2.45) is 10.4 Å². The fourth-order valence-corrected chi connectivity index (χ4v) is 2.45. The molecule has 0 aromatic carbocycles. The molecular formula is C18H21N3O2. The third-order valence-corrected chi connectivity index (χ3v) is 3.98. The van der Waals surface area contributed by atoms with E-state index in [-0.39, 0.29) is 16.9 Å². The van der Waals surface area contributed by atoms with Gasteiger partial charge in [0.15, 0.2) is 0 Å². The quantitative estimate of drug-likeness (QED) is 0.911. The molecule has 0 saturated heterocycles. The van der Waals surface area contributed by atoms with E-state index in [1.54, 1.807) is 26.1 Å². The lowest BCUT2D eigenvalue weighted by molar-refractivity contribution is 0.409. The number of nitriles is 1. The van der Waals surface area contributed by atoms with E-state index < -0.39 is 5.56 Å². The van der Waals surface area contributed by atoms with Crippen LogP contribution in [0.5, 0.6) is 5.88 Å². The molecule has 0 unspecified atom stereocenters. The van der Waals surface area contributed by atoms with Crippen LogP contribution in [0.1, 0.15) is 44.4 Å². The average Bonchev–Trinajstić information content (AvgIpc) is 2.93. The zero-order chi connectivity index (χ0) is 17.4. The second kappa shape index (κ2) is 5.88. The largest absolute Gasteiger partial charge is 0.494 e. The first-order valence-corrected chi connectivity index (χ1v) is 7.55. The Morgan fingerprint density at radius 3 is 2.57 bits per heavy atom. The first kappa shape index (κ1) is 16.8. The molecule has 0 saturated carbocycles. The standard InChI is InChI=1S/C18H21N3O2/c1-6-21-16(22)14(11(2)15(9-19)17(21)23)8-13-7-12(10-20-13)18(3,4)5/h7-8,10,22H,6H2,1-5H3/b13-8+. The second-order valence-corrected chi connectivity index (χ2v) is 6.58. The molecule has 0 radical (unpaired) electrons. The second-order valence-electron chi connectivity index (χ2n) is 6.58. The van der Waals surface area contributed by atoms with E-state index in [0.717, 1.165) is 5.57 Å². The summed E-state index contributed by atoms with van der Waals surface area (Å²) in [6.07, 6.45) is 5.47. The molecule has 1 aliphatic rings. The number of aromatic hydroxyl groups is 1. The molecule has 0 amide bonds. The first-order chi connectivity index (χ1) is 10.7. The predicted molar refractivity (Wildman–Crippen MR) is 91.5 cm³/mol. The van der Waals surface area contributed by atoms with Crippen molar-refractivity contribution in [2.75, 3.05) is 0 Å². The highest BCUT2D eigenvalue weighted by Gasteiger charge is 2.21. The summed E-state index contributed by atoms with van der Waals surface area (Å²) < 4.78 is 1.20. The Bertz CT molecular complexity index is 841. The summed E-state index contributed by atoms with van der Waals surface area (Å²) >= 11 is 0. The molecule has 1 aromatic heterocycles. The fourth-order valence-electron chi connectivity index (χ4n) is 2.45. The van der Waals surface area contributed by atoms with E-state index in [2.05, 4.69) is 25.8 Å². The monoisotopic (exact) mass is 311 g/mol. The highest BCUT2D eigenvalue weighted by atomic mass is 16.3. The Hall–Kier alpha value is -2.61. The van der Waals surface area contributed by atoms with Crippen molar-refractivity contribution in [3.05, 3.63) is 44.4 Å². The van der Waals surface area contributed by atoms with Crippen LogP contribution in [0.3, 0.4) is 0 Å². The van der Waals surface area contributed by atoms with Gasteiger partial charge >= 0.3 is 0 Å². The van der Waals surface area contributed by atoms with Crippen molar-refractivity contribution >= 4 is 12.3 Å². The summed E-state index contributed by atoms with van der Waals surface area (Å²) in [7, 11) is 0. The van der Waals surface area contributed by atoms with E-state index in [0.29, 0.717) is 23.4 Å². The molecule has 23 heavy (non-hydrogen) atoms. The molecule has 1 aliphatic heterocycles. The number of rotatable bonds is 2. The smallest absolute Gasteiger partial charge is 0.271 e. The lowest BCUT2D eigenvalue weighted by atomic mass is 9.87. The van der Waals surface area contributed by atoms with Gasteiger partial charge in [0.05, 0.1) is 5.70 Å². The zero-order valence-electron chi connectivity index (χ0n) is 14.1. The molecule has 2 rings (SSSR count). The number of hydrogen-bond donors (Lipinski definition) is 1. The van der Waals surface area contributed by atoms with Crippen LogP contribution in [0.15, 0.2) is 27.1 Å². The van der Waals surface area contributed by atoms with Crippen molar-refractivity contribution < 1.29 is 5.11 Å². The highest BCUT2D eigenvalue weighted by Crippen LogP contribution is 2.31. The predicted octanol–water partition coefficient (Wildman–Crippen LogP) is 3.15. The van der Waals surface area contributed by atoms with Gasteiger partial charge in [0.25, 0.3) is 5.56 Å². The molecule has 0 fully saturated rings. The molecule has 1 N–H and O–H groups in total. The lowest BCUT2D eigenvalue weighted by Crippen LogP contribution is -2.24. The van der Waals surface area contributed by atoms with Crippen LogP contribution in [0.4, 0.5) is 0 Å². The van der Waals surface area contributed by atoms with Crippen LogP contribution in [0.2, 0.25) is 0 Å². The highest BCUT2D eigenvalue weighted by molar-refractivity contribution is 5.87. The van der Waals surface area contributed by atoms with Crippen LogP contribution in [0.25, 0.3) is 6.08 Å². The van der Waals surface area contributed by atoms with Crippen LogP contribution in [-0.4, -0.2) is 15.9 Å². The Labute approximate surface area is 135 Å². The Balaban J connectivity index is 2.66. The first-order valence-electron chi connectivity index (χ1n) is 7.55. The molecule has 5 heteroatoms. The molecule has 5 nitrogen and oxygen atoms in total. The van der Waals surface area contributed by atoms with Crippen molar-refractivity contribution in [3.63, 3.8) is 0 Å². The Morgan fingerprint density at radius 2 is 2.09 bits per heavy atom. The molecule has 0 aliphatic carbocycles. The van der Waals surface area contributed by atoms with Gasteiger partial charge in [-0.1, -0.05) is 20.8 Å². The van der Waals surface area contributed by atoms with Crippen LogP contribution in [-0.2, 0) is 6.54 Å². The SMILES string of the molecule is CCn1c(O)c(/C=C2\C=C(C(C)(C)C)C=N2)c(C)c(C#N)c1=O. The van der Waals surface area contributed by atoms with Gasteiger partial charge in [-0.3, -0.25) is 14.4 Å². The van der Waals surface area contributed by atoms with Crippen LogP contribution in [0, 0.1) is 23.7 Å². The Kier molecular flexibility index (Phi) is 4.28. The maximum Gasteiger partial charge on any atom is 0.271 e. The maximum atomic E-state index is 12.2. The van der Waals surface area contributed by atoms with E-state index in [9.17, 15) is 15.2 Å². The minimum absolute atomic E-state index is 0.0177. The number of hydrogen-bond acceptors (Lipinski definition) is 4. The van der Waals surface area contributed by atoms with Crippen molar-refractivity contribution in [1.82, 2.24) is 4.57 Å². The number of aliphatic imine (C=N–C) groups is 1. The van der Waals surface area contributed by atoms with Gasteiger partial charge < -0.3 is 5.11 Å². The summed E-state index contributed by atoms with van der Waals surface area (Å²) in [5.41, 5.74) is 2.28. The number of pyridine rings is 1. The molecule has 0 bridgehead atoms. The topological polar surface area (TPSA) is 78.4 Å². The molecule has 2 heterocycles. The van der Waals surface area contributed by atoms with E-state index >= 15 is 0 Å². The maximum absolute atomic E-state index is 12.2. The van der Waals surface area contributed by atoms with Gasteiger partial charge in [-0.15, -0.1) is 0 Å². The van der Waals surface area contributed by atoms with E-state index in [1.807, 2.05) is 12.1 Å². The zero-order valence-corrected chi connectivity index (χ0v) is 14.1. The molecule has 0 spiro atoms. The van der Waals surface area contributed by atoms with E-state index in [1.165, 1.54) is 4.57 Å². The summed E-state index contributed by atoms with van der Waals surface area (Å²) in [4.78, 5) is 16.5. The van der Waals surface area contributed by atoms with Gasteiger partial charge in [-0.05, 0) is 42.6 Å². The summed E-state index contributed by atoms with van der Waals surface area (Å²) in [5.74, 6) is -0.130. The fraction of sp³-hybridized carbons (Fsp3) is 0.389. The van der Waals surface area contributed by atoms with Crippen molar-refractivity contribution in [3.8, 4) is 11.9 Å². The van der Waals surface area contributed by atoms with Gasteiger partial charge in [-0.25, -0.2) is 0 Å². The van der Waals surface area contributed by atoms with Crippen molar-refractivity contribution in [2.45, 2.75) is 41.2 Å². The van der Waals surface area contributed by atoms with Crippen LogP contribution < -0.4 is 5.56 Å². The average molecular weight is 311 g/mol. The number of nitrogens with zero attached hydrogens (tertiary/aromatic N) is 3. The van der Waals surface area contributed by atoms with E-state index in [4.69, 9.17) is 0 Å². The number of allylic oxidation sites excluding steroid dienone is 2. The van der Waals surface area contributed by atoms with Gasteiger partial charge in [0.2, 0.25) is 5.88 Å². The third-order valence-electron chi connectivity index (χ3n) is 3.98. The summed E-state index contributed by atoms with van der Waals surface area (Å²) in [6.45, 7) is 10.0. The molecule has 1 aromatic rings. The molecule has 120 valence electrons. The summed E-state index contributed by atoms with van der Waals surface area (Å²) in [6, 6.07) is 1.94. The van der Waals surface area contributed by atoms with Gasteiger partial charge in [0.1, 0.15) is 11.6 Å². The normalized spacial score (nSPS) is 15.8. The molecular weight excluding hydrogens is 290 g/mol. The van der Waals surface area contributed by atoms with Gasteiger partial charge in [0, 0.05) is 18.3 Å².